The molecular weight excluding hydrogens is 207 g/mol. The first kappa shape index (κ1) is 10.9. The molecule has 0 heterocycles. The summed E-state index contributed by atoms with van der Waals surface area (Å²) in [4.78, 5) is 0. The summed E-state index contributed by atoms with van der Waals surface area (Å²) in [5.74, 6) is 0.0232. The first-order chi connectivity index (χ1) is 7.69. The predicted octanol–water partition coefficient (Wildman–Crippen LogP) is 1.96. The molecule has 0 radical (unpaired) electrons. The van der Waals surface area contributed by atoms with Gasteiger partial charge >= 0.3 is 0 Å². The van der Waals surface area contributed by atoms with Gasteiger partial charge in [-0.05, 0) is 37.5 Å². The van der Waals surface area contributed by atoms with E-state index in [1.165, 1.54) is 18.2 Å². The van der Waals surface area contributed by atoms with E-state index in [1.54, 1.807) is 0 Å². The molecule has 2 unspecified atom stereocenters. The number of halogens is 1. The van der Waals surface area contributed by atoms with Crippen LogP contribution in [0.15, 0.2) is 18.2 Å². The van der Waals surface area contributed by atoms with Crippen LogP contribution in [0.3, 0.4) is 0 Å². The highest BCUT2D eigenvalue weighted by Gasteiger charge is 2.23. The van der Waals surface area contributed by atoms with Gasteiger partial charge in [0.1, 0.15) is 23.7 Å². The third-order valence-corrected chi connectivity index (χ3v) is 2.78. The average Bonchev–Trinajstić information content (AvgIpc) is 2.67. The minimum atomic E-state index is -0.424. The van der Waals surface area contributed by atoms with Crippen LogP contribution in [0.4, 0.5) is 4.39 Å². The van der Waals surface area contributed by atoms with Crippen LogP contribution in [-0.2, 0) is 0 Å². The summed E-state index contributed by atoms with van der Waals surface area (Å²) >= 11 is 0. The van der Waals surface area contributed by atoms with Crippen molar-refractivity contribution in [3.8, 4) is 11.8 Å². The van der Waals surface area contributed by atoms with Gasteiger partial charge in [-0.25, -0.2) is 4.39 Å². The lowest BCUT2D eigenvalue weighted by atomic mass is 10.2. The topological polar surface area (TPSA) is 59.0 Å². The van der Waals surface area contributed by atoms with Crippen molar-refractivity contribution in [3.05, 3.63) is 29.6 Å². The standard InChI is InChI=1S/C12H13FN2O/c13-9-1-4-12(8(5-9)7-14)16-11-3-2-10(15)6-11/h1,4-5,10-11H,2-3,6,15H2. The zero-order valence-electron chi connectivity index (χ0n) is 8.82. The van der Waals surface area contributed by atoms with Crippen molar-refractivity contribution in [3.63, 3.8) is 0 Å². The molecule has 16 heavy (non-hydrogen) atoms. The molecule has 0 amide bonds. The van der Waals surface area contributed by atoms with E-state index in [0.717, 1.165) is 19.3 Å². The molecule has 1 aromatic rings. The highest BCUT2D eigenvalue weighted by atomic mass is 19.1. The van der Waals surface area contributed by atoms with Gasteiger partial charge in [-0.2, -0.15) is 5.26 Å². The van der Waals surface area contributed by atoms with E-state index in [-0.39, 0.29) is 17.7 Å². The molecule has 4 heteroatoms. The van der Waals surface area contributed by atoms with Gasteiger partial charge in [0.25, 0.3) is 0 Å². The van der Waals surface area contributed by atoms with Crippen molar-refractivity contribution in [1.29, 1.82) is 5.26 Å². The van der Waals surface area contributed by atoms with Crippen LogP contribution in [0.25, 0.3) is 0 Å². The second-order valence-corrected chi connectivity index (χ2v) is 4.07. The SMILES string of the molecule is N#Cc1cc(F)ccc1OC1CCC(N)C1. The fraction of sp³-hybridized carbons (Fsp3) is 0.417. The molecule has 2 rings (SSSR count). The minimum absolute atomic E-state index is 0.0487. The normalized spacial score (nSPS) is 24.1. The zero-order valence-corrected chi connectivity index (χ0v) is 8.82. The van der Waals surface area contributed by atoms with Gasteiger partial charge in [0, 0.05) is 6.04 Å². The lowest BCUT2D eigenvalue weighted by molar-refractivity contribution is 0.207. The Balaban J connectivity index is 2.12. The van der Waals surface area contributed by atoms with E-state index in [4.69, 9.17) is 15.7 Å². The Morgan fingerprint density at radius 3 is 2.88 bits per heavy atom. The van der Waals surface area contributed by atoms with Gasteiger partial charge in [-0.1, -0.05) is 0 Å². The molecule has 2 atom stereocenters. The van der Waals surface area contributed by atoms with Crippen LogP contribution >= 0.6 is 0 Å². The van der Waals surface area contributed by atoms with Crippen molar-refractivity contribution in [2.45, 2.75) is 31.4 Å². The third kappa shape index (κ3) is 2.31. The molecule has 1 saturated carbocycles. The first-order valence-electron chi connectivity index (χ1n) is 5.31. The second kappa shape index (κ2) is 4.50. The highest BCUT2D eigenvalue weighted by Crippen LogP contribution is 2.26. The maximum absolute atomic E-state index is 12.9. The van der Waals surface area contributed by atoms with Crippen molar-refractivity contribution in [1.82, 2.24) is 0 Å². The van der Waals surface area contributed by atoms with E-state index in [0.29, 0.717) is 5.75 Å². The maximum atomic E-state index is 12.9. The number of nitrogens with zero attached hydrogens (tertiary/aromatic N) is 1. The Hall–Kier alpha value is -1.60. The molecule has 1 fully saturated rings. The van der Waals surface area contributed by atoms with E-state index >= 15 is 0 Å². The van der Waals surface area contributed by atoms with Crippen molar-refractivity contribution in [2.24, 2.45) is 5.73 Å². The summed E-state index contributed by atoms with van der Waals surface area (Å²) in [6, 6.07) is 6.08. The molecule has 1 aliphatic rings. The van der Waals surface area contributed by atoms with Gasteiger partial charge in [-0.15, -0.1) is 0 Å². The second-order valence-electron chi connectivity index (χ2n) is 4.07. The summed E-state index contributed by atoms with van der Waals surface area (Å²) in [5.41, 5.74) is 6.00. The lowest BCUT2D eigenvalue weighted by Gasteiger charge is -2.14. The van der Waals surface area contributed by atoms with Crippen LogP contribution in [0.2, 0.25) is 0 Å². The van der Waals surface area contributed by atoms with Crippen molar-refractivity contribution >= 4 is 0 Å². The van der Waals surface area contributed by atoms with Crippen molar-refractivity contribution < 1.29 is 9.13 Å². The molecule has 3 nitrogen and oxygen atoms in total. The number of rotatable bonds is 2. The van der Waals surface area contributed by atoms with Gasteiger partial charge in [0.2, 0.25) is 0 Å². The summed E-state index contributed by atoms with van der Waals surface area (Å²) < 4.78 is 18.5. The van der Waals surface area contributed by atoms with Crippen molar-refractivity contribution in [2.75, 3.05) is 0 Å². The smallest absolute Gasteiger partial charge is 0.137 e. The van der Waals surface area contributed by atoms with Crippen LogP contribution in [0, 0.1) is 17.1 Å². The largest absolute Gasteiger partial charge is 0.489 e. The molecule has 1 aromatic carbocycles. The Morgan fingerprint density at radius 2 is 2.25 bits per heavy atom. The van der Waals surface area contributed by atoms with E-state index in [2.05, 4.69) is 0 Å². The zero-order chi connectivity index (χ0) is 11.5. The lowest BCUT2D eigenvalue weighted by Crippen LogP contribution is -2.19. The average molecular weight is 220 g/mol. The number of ether oxygens (including phenoxy) is 1. The molecule has 84 valence electrons. The number of benzene rings is 1. The van der Waals surface area contributed by atoms with Gasteiger partial charge in [0.15, 0.2) is 0 Å². The highest BCUT2D eigenvalue weighted by molar-refractivity contribution is 5.43. The number of nitriles is 1. The molecule has 0 saturated heterocycles. The molecule has 0 aliphatic heterocycles. The van der Waals surface area contributed by atoms with Gasteiger partial charge in [0.05, 0.1) is 5.56 Å². The molecular formula is C12H13FN2O. The summed E-state index contributed by atoms with van der Waals surface area (Å²) in [6.07, 6.45) is 2.67. The quantitative estimate of drug-likeness (QED) is 0.828. The van der Waals surface area contributed by atoms with Crippen LogP contribution in [0.1, 0.15) is 24.8 Å². The summed E-state index contributed by atoms with van der Waals surface area (Å²) in [5, 5.41) is 8.85. The Labute approximate surface area is 93.6 Å². The molecule has 1 aliphatic carbocycles. The number of hydrogen-bond donors (Lipinski definition) is 1. The third-order valence-electron chi connectivity index (χ3n) is 2.78. The number of hydrogen-bond acceptors (Lipinski definition) is 3. The molecule has 0 bridgehead atoms. The van der Waals surface area contributed by atoms with Gasteiger partial charge in [-0.3, -0.25) is 0 Å². The Morgan fingerprint density at radius 1 is 1.44 bits per heavy atom. The molecule has 0 aromatic heterocycles. The predicted molar refractivity (Wildman–Crippen MR) is 57.4 cm³/mol. The van der Waals surface area contributed by atoms with E-state index < -0.39 is 5.82 Å². The maximum Gasteiger partial charge on any atom is 0.137 e. The van der Waals surface area contributed by atoms with Crippen LogP contribution in [-0.4, -0.2) is 12.1 Å². The Kier molecular flexibility index (Phi) is 3.07. The fourth-order valence-electron chi connectivity index (χ4n) is 1.95. The number of nitrogens with two attached hydrogens (primary N) is 1. The van der Waals surface area contributed by atoms with E-state index in [9.17, 15) is 4.39 Å². The van der Waals surface area contributed by atoms with E-state index in [1.807, 2.05) is 6.07 Å². The minimum Gasteiger partial charge on any atom is -0.489 e. The van der Waals surface area contributed by atoms with Gasteiger partial charge < -0.3 is 10.5 Å². The Bertz CT molecular complexity index is 428. The monoisotopic (exact) mass is 220 g/mol. The summed E-state index contributed by atoms with van der Waals surface area (Å²) in [7, 11) is 0. The molecule has 2 N–H and O–H groups in total. The van der Waals surface area contributed by atoms with Crippen LogP contribution in [0.5, 0.6) is 5.75 Å². The van der Waals surface area contributed by atoms with Crippen LogP contribution < -0.4 is 10.5 Å². The summed E-state index contributed by atoms with van der Waals surface area (Å²) in [6.45, 7) is 0. The fourth-order valence-corrected chi connectivity index (χ4v) is 1.95. The molecule has 0 spiro atoms. The first-order valence-corrected chi connectivity index (χ1v) is 5.31.